The lowest BCUT2D eigenvalue weighted by molar-refractivity contribution is -0.953. The van der Waals surface area contributed by atoms with Gasteiger partial charge in [-0.15, -0.1) is 0 Å². The molecule has 5 nitrogen and oxygen atoms in total. The molecule has 142 valence electrons. The highest BCUT2D eigenvalue weighted by Crippen LogP contribution is 2.25. The summed E-state index contributed by atoms with van der Waals surface area (Å²) in [5.74, 6) is 0.919. The number of anilines is 1. The largest absolute Gasteiger partial charge is 0.489 e. The van der Waals surface area contributed by atoms with Crippen LogP contribution in [0.15, 0.2) is 54.6 Å². The van der Waals surface area contributed by atoms with E-state index in [9.17, 15) is 4.79 Å². The third-order valence-corrected chi connectivity index (χ3v) is 6.16. The molecule has 3 aliphatic rings. The minimum atomic E-state index is -0.0125. The van der Waals surface area contributed by atoms with Gasteiger partial charge in [0.2, 0.25) is 0 Å². The molecule has 3 fully saturated rings. The average molecular weight is 366 g/mol. The zero-order valence-corrected chi connectivity index (χ0v) is 15.9. The molecule has 0 unspecified atom stereocenters. The number of rotatable bonds is 6. The van der Waals surface area contributed by atoms with E-state index in [1.807, 2.05) is 54.6 Å². The molecule has 0 spiro atoms. The summed E-state index contributed by atoms with van der Waals surface area (Å²) in [5.41, 5.74) is 1.96. The minimum Gasteiger partial charge on any atom is -0.489 e. The third-order valence-electron chi connectivity index (χ3n) is 6.16. The number of quaternary nitrogens is 1. The maximum atomic E-state index is 12.8. The van der Waals surface area contributed by atoms with Crippen molar-refractivity contribution >= 4 is 11.6 Å². The Labute approximate surface area is 161 Å². The molecule has 3 saturated heterocycles. The van der Waals surface area contributed by atoms with E-state index in [0.717, 1.165) is 60.8 Å². The molecular formula is C22H28N3O2+. The maximum Gasteiger partial charge on any atom is 0.282 e. The van der Waals surface area contributed by atoms with Crippen molar-refractivity contribution in [1.82, 2.24) is 4.90 Å². The molecule has 0 aromatic heterocycles. The number of ether oxygens (including phenoxy) is 1. The van der Waals surface area contributed by atoms with Gasteiger partial charge in [-0.3, -0.25) is 9.69 Å². The normalized spacial score (nSPS) is 25.0. The number of nitrogens with one attached hydrogen (secondary N) is 1. The van der Waals surface area contributed by atoms with Crippen LogP contribution in [0.3, 0.4) is 0 Å². The molecule has 3 aliphatic heterocycles. The van der Waals surface area contributed by atoms with Crippen LogP contribution in [0.5, 0.6) is 5.75 Å². The Morgan fingerprint density at radius 1 is 1.04 bits per heavy atom. The van der Waals surface area contributed by atoms with Gasteiger partial charge in [-0.05, 0) is 36.8 Å². The van der Waals surface area contributed by atoms with Crippen LogP contribution in [-0.4, -0.2) is 60.6 Å². The van der Waals surface area contributed by atoms with Crippen molar-refractivity contribution in [2.45, 2.75) is 19.6 Å². The predicted octanol–water partition coefficient (Wildman–Crippen LogP) is 2.74. The maximum absolute atomic E-state index is 12.8. The second-order valence-corrected chi connectivity index (χ2v) is 7.69. The van der Waals surface area contributed by atoms with Crippen LogP contribution in [0.25, 0.3) is 0 Å². The Bertz CT molecular complexity index is 754. The highest BCUT2D eigenvalue weighted by Gasteiger charge is 2.45. The van der Waals surface area contributed by atoms with Gasteiger partial charge in [-0.1, -0.05) is 30.3 Å². The first-order valence-electron chi connectivity index (χ1n) is 9.80. The van der Waals surface area contributed by atoms with Crippen LogP contribution >= 0.6 is 0 Å². The summed E-state index contributed by atoms with van der Waals surface area (Å²) in [6.45, 7) is 9.22. The number of benzene rings is 2. The number of hydrogen-bond acceptors (Lipinski definition) is 3. The summed E-state index contributed by atoms with van der Waals surface area (Å²) < 4.78 is 6.74. The van der Waals surface area contributed by atoms with Crippen LogP contribution in [0, 0.1) is 0 Å². The average Bonchev–Trinajstić information content (AvgIpc) is 2.75. The fourth-order valence-electron chi connectivity index (χ4n) is 4.14. The zero-order chi connectivity index (χ0) is 18.7. The summed E-state index contributed by atoms with van der Waals surface area (Å²) in [6, 6.07) is 17.7. The fourth-order valence-corrected chi connectivity index (χ4v) is 4.14. The number of carbonyl (C=O) groups is 1. The lowest BCUT2D eigenvalue weighted by Crippen LogP contribution is -2.72. The number of carbonyl (C=O) groups excluding carboxylic acids is 1. The number of nitrogens with zero attached hydrogens (tertiary/aromatic N) is 2. The minimum absolute atomic E-state index is 0.0125. The number of amides is 1. The summed E-state index contributed by atoms with van der Waals surface area (Å²) in [4.78, 5) is 15.3. The van der Waals surface area contributed by atoms with Gasteiger partial charge in [-0.25, -0.2) is 0 Å². The molecule has 27 heavy (non-hydrogen) atoms. The van der Waals surface area contributed by atoms with Crippen molar-refractivity contribution in [2.24, 2.45) is 0 Å². The van der Waals surface area contributed by atoms with Crippen LogP contribution in [0.2, 0.25) is 0 Å². The van der Waals surface area contributed by atoms with Gasteiger partial charge in [0.25, 0.3) is 5.91 Å². The molecule has 5 heteroatoms. The highest BCUT2D eigenvalue weighted by molar-refractivity contribution is 5.93. The number of piperazine rings is 3. The van der Waals surface area contributed by atoms with E-state index in [-0.39, 0.29) is 11.9 Å². The Kier molecular flexibility index (Phi) is 5.14. The summed E-state index contributed by atoms with van der Waals surface area (Å²) in [7, 11) is 0. The smallest absolute Gasteiger partial charge is 0.282 e. The van der Waals surface area contributed by atoms with Crippen molar-refractivity contribution in [1.29, 1.82) is 0 Å². The zero-order valence-electron chi connectivity index (χ0n) is 15.9. The molecular weight excluding hydrogens is 338 g/mol. The van der Waals surface area contributed by atoms with E-state index in [1.54, 1.807) is 0 Å². The molecule has 1 N–H and O–H groups in total. The quantitative estimate of drug-likeness (QED) is 0.800. The van der Waals surface area contributed by atoms with Gasteiger partial charge >= 0.3 is 0 Å². The van der Waals surface area contributed by atoms with Crippen molar-refractivity contribution in [3.63, 3.8) is 0 Å². The van der Waals surface area contributed by atoms with E-state index in [4.69, 9.17) is 4.74 Å². The SMILES string of the molecule is C[C@@H](C(=O)Nc1ccc(OCc2ccccc2)cc1)[N+]12CCN(CC1)CC2. The van der Waals surface area contributed by atoms with Gasteiger partial charge in [0.15, 0.2) is 6.04 Å². The lowest BCUT2D eigenvalue weighted by atomic mass is 10.1. The second kappa shape index (κ2) is 7.71. The van der Waals surface area contributed by atoms with Crippen LogP contribution in [0.4, 0.5) is 5.69 Å². The monoisotopic (exact) mass is 366 g/mol. The Morgan fingerprint density at radius 2 is 1.67 bits per heavy atom. The Balaban J connectivity index is 1.33. The predicted molar refractivity (Wildman–Crippen MR) is 107 cm³/mol. The van der Waals surface area contributed by atoms with Gasteiger partial charge in [0.05, 0.1) is 19.6 Å². The van der Waals surface area contributed by atoms with Crippen LogP contribution < -0.4 is 10.1 Å². The number of hydrogen-bond donors (Lipinski definition) is 1. The first kappa shape index (κ1) is 18.0. The van der Waals surface area contributed by atoms with Crippen LogP contribution in [0.1, 0.15) is 12.5 Å². The molecule has 2 aromatic rings. The van der Waals surface area contributed by atoms with Crippen molar-refractivity contribution < 1.29 is 14.0 Å². The molecule has 5 rings (SSSR count). The molecule has 2 bridgehead atoms. The molecule has 0 radical (unpaired) electrons. The summed E-state index contributed by atoms with van der Waals surface area (Å²) in [5, 5.41) is 3.09. The van der Waals surface area contributed by atoms with E-state index < -0.39 is 0 Å². The molecule has 1 amide bonds. The fraction of sp³-hybridized carbons (Fsp3) is 0.409. The van der Waals surface area contributed by atoms with E-state index in [0.29, 0.717) is 6.61 Å². The standard InChI is InChI=1S/C22H27N3O2/c1-18(25-14-11-24(12-15-25)13-16-25)22(26)23-20-7-9-21(10-8-20)27-17-19-5-3-2-4-6-19/h2-10,18H,11-17H2,1H3/p+1/t18-/m0/s1. The molecule has 0 saturated carbocycles. The van der Waals surface area contributed by atoms with Gasteiger partial charge in [-0.2, -0.15) is 0 Å². The van der Waals surface area contributed by atoms with Gasteiger partial charge < -0.3 is 14.5 Å². The van der Waals surface area contributed by atoms with E-state index in [2.05, 4.69) is 17.1 Å². The Hall–Kier alpha value is -2.37. The molecule has 0 aliphatic carbocycles. The molecule has 1 atom stereocenters. The van der Waals surface area contributed by atoms with Crippen molar-refractivity contribution in [3.8, 4) is 5.75 Å². The van der Waals surface area contributed by atoms with Gasteiger partial charge in [0.1, 0.15) is 12.4 Å². The lowest BCUT2D eigenvalue weighted by Gasteiger charge is -2.52. The summed E-state index contributed by atoms with van der Waals surface area (Å²) >= 11 is 0. The Morgan fingerprint density at radius 3 is 2.30 bits per heavy atom. The van der Waals surface area contributed by atoms with Crippen molar-refractivity contribution in [3.05, 3.63) is 60.2 Å². The molecule has 3 heterocycles. The third kappa shape index (κ3) is 3.99. The first-order chi connectivity index (χ1) is 13.1. The first-order valence-corrected chi connectivity index (χ1v) is 9.80. The summed E-state index contributed by atoms with van der Waals surface area (Å²) in [6.07, 6.45) is 0. The van der Waals surface area contributed by atoms with E-state index >= 15 is 0 Å². The van der Waals surface area contributed by atoms with Crippen LogP contribution in [-0.2, 0) is 11.4 Å². The number of fused-ring (bicyclic) bond motifs is 3. The topological polar surface area (TPSA) is 41.6 Å². The van der Waals surface area contributed by atoms with Gasteiger partial charge in [0, 0.05) is 25.3 Å². The molecule has 2 aromatic carbocycles. The second-order valence-electron chi connectivity index (χ2n) is 7.69. The highest BCUT2D eigenvalue weighted by atomic mass is 16.5. The van der Waals surface area contributed by atoms with Crippen molar-refractivity contribution in [2.75, 3.05) is 44.6 Å². The van der Waals surface area contributed by atoms with E-state index in [1.165, 1.54) is 0 Å².